The van der Waals surface area contributed by atoms with Crippen molar-refractivity contribution >= 4 is 0 Å². The third-order valence-electron chi connectivity index (χ3n) is 2.41. The van der Waals surface area contributed by atoms with Gasteiger partial charge in [-0.3, -0.25) is 0 Å². The van der Waals surface area contributed by atoms with E-state index in [0.717, 1.165) is 5.56 Å². The summed E-state index contributed by atoms with van der Waals surface area (Å²) in [4.78, 5) is 0. The number of aliphatic hydroxyl groups is 1. The van der Waals surface area contributed by atoms with Gasteiger partial charge < -0.3 is 15.5 Å². The van der Waals surface area contributed by atoms with Gasteiger partial charge in [-0.05, 0) is 24.6 Å². The van der Waals surface area contributed by atoms with Crippen LogP contribution in [0.15, 0.2) is 24.3 Å². The van der Waals surface area contributed by atoms with Crippen molar-refractivity contribution in [2.45, 2.75) is 38.8 Å². The summed E-state index contributed by atoms with van der Waals surface area (Å²) in [6, 6.07) is 7.31. The first-order valence-corrected chi connectivity index (χ1v) is 5.63. The second kappa shape index (κ2) is 5.32. The smallest absolute Gasteiger partial charge is 0.115 e. The fourth-order valence-electron chi connectivity index (χ4n) is 1.54. The standard InChI is InChI=1S/C13H21NO2/c1-10(2)14-9-13(3,16)8-11-4-6-12(15)7-5-11/h4-7,10,14-16H,8-9H2,1-3H3. The summed E-state index contributed by atoms with van der Waals surface area (Å²) < 4.78 is 0. The monoisotopic (exact) mass is 223 g/mol. The van der Waals surface area contributed by atoms with E-state index in [1.165, 1.54) is 0 Å². The van der Waals surface area contributed by atoms with Crippen molar-refractivity contribution in [2.75, 3.05) is 6.54 Å². The molecule has 16 heavy (non-hydrogen) atoms. The van der Waals surface area contributed by atoms with Gasteiger partial charge in [0, 0.05) is 19.0 Å². The molecule has 0 aliphatic carbocycles. The van der Waals surface area contributed by atoms with Crippen LogP contribution in [0.4, 0.5) is 0 Å². The number of nitrogens with one attached hydrogen (secondary N) is 1. The van der Waals surface area contributed by atoms with Gasteiger partial charge in [0.1, 0.15) is 5.75 Å². The number of phenolic OH excluding ortho intramolecular Hbond substituents is 1. The fourth-order valence-corrected chi connectivity index (χ4v) is 1.54. The first-order chi connectivity index (χ1) is 7.39. The van der Waals surface area contributed by atoms with Gasteiger partial charge in [0.05, 0.1) is 5.60 Å². The summed E-state index contributed by atoms with van der Waals surface area (Å²) >= 11 is 0. The Kier molecular flexibility index (Phi) is 4.33. The molecule has 0 saturated carbocycles. The number of aromatic hydroxyl groups is 1. The Morgan fingerprint density at radius 1 is 1.25 bits per heavy atom. The number of hydrogen-bond acceptors (Lipinski definition) is 3. The van der Waals surface area contributed by atoms with E-state index < -0.39 is 5.60 Å². The minimum atomic E-state index is -0.763. The number of rotatable bonds is 5. The van der Waals surface area contributed by atoms with Crippen molar-refractivity contribution in [2.24, 2.45) is 0 Å². The molecule has 0 amide bonds. The molecule has 0 aliphatic rings. The molecule has 1 unspecified atom stereocenters. The Morgan fingerprint density at radius 2 is 1.81 bits per heavy atom. The molecular weight excluding hydrogens is 202 g/mol. The summed E-state index contributed by atoms with van der Waals surface area (Å²) in [5, 5.41) is 22.5. The van der Waals surface area contributed by atoms with Crippen molar-refractivity contribution < 1.29 is 10.2 Å². The molecule has 1 rings (SSSR count). The van der Waals surface area contributed by atoms with E-state index in [0.29, 0.717) is 19.0 Å². The first-order valence-electron chi connectivity index (χ1n) is 5.63. The summed E-state index contributed by atoms with van der Waals surface area (Å²) in [6.45, 7) is 6.48. The minimum Gasteiger partial charge on any atom is -0.508 e. The molecule has 0 aliphatic heterocycles. The predicted octanol–water partition coefficient (Wildman–Crippen LogP) is 1.68. The molecule has 1 aromatic carbocycles. The molecule has 1 aromatic rings. The summed E-state index contributed by atoms with van der Waals surface area (Å²) in [6.07, 6.45) is 0.576. The van der Waals surface area contributed by atoms with Crippen LogP contribution in [0.1, 0.15) is 26.3 Å². The van der Waals surface area contributed by atoms with Crippen molar-refractivity contribution in [3.8, 4) is 5.75 Å². The largest absolute Gasteiger partial charge is 0.508 e. The van der Waals surface area contributed by atoms with Crippen LogP contribution in [0.25, 0.3) is 0 Å². The highest BCUT2D eigenvalue weighted by molar-refractivity contribution is 5.26. The van der Waals surface area contributed by atoms with Crippen LogP contribution in [-0.4, -0.2) is 28.4 Å². The lowest BCUT2D eigenvalue weighted by molar-refractivity contribution is 0.0581. The molecular formula is C13H21NO2. The lowest BCUT2D eigenvalue weighted by Gasteiger charge is -2.25. The topological polar surface area (TPSA) is 52.5 Å². The van der Waals surface area contributed by atoms with E-state index in [4.69, 9.17) is 5.11 Å². The third-order valence-corrected chi connectivity index (χ3v) is 2.41. The SMILES string of the molecule is CC(C)NCC(C)(O)Cc1ccc(O)cc1. The normalized spacial score (nSPS) is 15.1. The summed E-state index contributed by atoms with van der Waals surface area (Å²) in [5.41, 5.74) is 0.259. The summed E-state index contributed by atoms with van der Waals surface area (Å²) in [5.74, 6) is 0.253. The molecule has 0 heterocycles. The molecule has 3 N–H and O–H groups in total. The zero-order valence-electron chi connectivity index (χ0n) is 10.2. The highest BCUT2D eigenvalue weighted by Gasteiger charge is 2.20. The molecule has 1 atom stereocenters. The number of hydrogen-bond donors (Lipinski definition) is 3. The summed E-state index contributed by atoms with van der Waals surface area (Å²) in [7, 11) is 0. The van der Waals surface area contributed by atoms with E-state index in [2.05, 4.69) is 19.2 Å². The number of benzene rings is 1. The van der Waals surface area contributed by atoms with Gasteiger partial charge >= 0.3 is 0 Å². The average Bonchev–Trinajstić information content (AvgIpc) is 2.19. The van der Waals surface area contributed by atoms with E-state index in [9.17, 15) is 5.11 Å². The van der Waals surface area contributed by atoms with Crippen molar-refractivity contribution in [1.29, 1.82) is 0 Å². The van der Waals surface area contributed by atoms with Gasteiger partial charge in [0.25, 0.3) is 0 Å². The Hall–Kier alpha value is -1.06. The number of phenols is 1. The molecule has 0 aromatic heterocycles. The van der Waals surface area contributed by atoms with Crippen LogP contribution in [-0.2, 0) is 6.42 Å². The lowest BCUT2D eigenvalue weighted by atomic mass is 9.96. The molecule has 0 fully saturated rings. The van der Waals surface area contributed by atoms with Crippen LogP contribution < -0.4 is 5.32 Å². The van der Waals surface area contributed by atoms with E-state index in [1.807, 2.05) is 19.1 Å². The highest BCUT2D eigenvalue weighted by atomic mass is 16.3. The molecule has 0 bridgehead atoms. The molecule has 3 nitrogen and oxygen atoms in total. The maximum atomic E-state index is 10.2. The van der Waals surface area contributed by atoms with Gasteiger partial charge in [0.2, 0.25) is 0 Å². The Morgan fingerprint density at radius 3 is 2.31 bits per heavy atom. The van der Waals surface area contributed by atoms with Gasteiger partial charge in [-0.2, -0.15) is 0 Å². The highest BCUT2D eigenvalue weighted by Crippen LogP contribution is 2.15. The molecule has 0 spiro atoms. The first kappa shape index (κ1) is 13.0. The maximum absolute atomic E-state index is 10.2. The third kappa shape index (κ3) is 4.64. The molecule has 0 saturated heterocycles. The predicted molar refractivity (Wildman–Crippen MR) is 65.6 cm³/mol. The van der Waals surface area contributed by atoms with E-state index >= 15 is 0 Å². The fraction of sp³-hybridized carbons (Fsp3) is 0.538. The van der Waals surface area contributed by atoms with Crippen LogP contribution in [0.5, 0.6) is 5.75 Å². The van der Waals surface area contributed by atoms with Crippen LogP contribution in [0, 0.1) is 0 Å². The van der Waals surface area contributed by atoms with Crippen molar-refractivity contribution in [1.82, 2.24) is 5.32 Å². The maximum Gasteiger partial charge on any atom is 0.115 e. The van der Waals surface area contributed by atoms with Crippen LogP contribution in [0.2, 0.25) is 0 Å². The Balaban J connectivity index is 2.54. The van der Waals surface area contributed by atoms with Crippen LogP contribution >= 0.6 is 0 Å². The Labute approximate surface area is 97.1 Å². The second-order valence-corrected chi connectivity index (χ2v) is 4.88. The molecule has 90 valence electrons. The Bertz CT molecular complexity index is 317. The van der Waals surface area contributed by atoms with Crippen LogP contribution in [0.3, 0.4) is 0 Å². The lowest BCUT2D eigenvalue weighted by Crippen LogP contribution is -2.42. The zero-order chi connectivity index (χ0) is 12.2. The van der Waals surface area contributed by atoms with E-state index in [-0.39, 0.29) is 5.75 Å². The quantitative estimate of drug-likeness (QED) is 0.712. The molecule has 0 radical (unpaired) electrons. The molecule has 3 heteroatoms. The van der Waals surface area contributed by atoms with Gasteiger partial charge in [-0.1, -0.05) is 26.0 Å². The van der Waals surface area contributed by atoms with E-state index in [1.54, 1.807) is 12.1 Å². The van der Waals surface area contributed by atoms with Gasteiger partial charge in [-0.25, -0.2) is 0 Å². The van der Waals surface area contributed by atoms with Gasteiger partial charge in [-0.15, -0.1) is 0 Å². The van der Waals surface area contributed by atoms with Crippen molar-refractivity contribution in [3.63, 3.8) is 0 Å². The zero-order valence-corrected chi connectivity index (χ0v) is 10.2. The van der Waals surface area contributed by atoms with Gasteiger partial charge in [0.15, 0.2) is 0 Å². The minimum absolute atomic E-state index is 0.253. The average molecular weight is 223 g/mol. The van der Waals surface area contributed by atoms with Crippen molar-refractivity contribution in [3.05, 3.63) is 29.8 Å². The second-order valence-electron chi connectivity index (χ2n) is 4.88.